The van der Waals surface area contributed by atoms with Crippen LogP contribution >= 0.6 is 0 Å². The van der Waals surface area contributed by atoms with E-state index in [-0.39, 0.29) is 0 Å². The molecule has 0 amide bonds. The molecule has 0 saturated heterocycles. The number of hydrogen-bond donors (Lipinski definition) is 0. The number of nitrogens with zero attached hydrogens (tertiary/aromatic N) is 1. The molecule has 0 aliphatic rings. The van der Waals surface area contributed by atoms with Gasteiger partial charge in [-0.05, 0) is 60.4 Å². The van der Waals surface area contributed by atoms with Crippen LogP contribution in [0.3, 0.4) is 0 Å². The maximum atomic E-state index is 4.70. The number of rotatable bonds is 11. The van der Waals surface area contributed by atoms with Gasteiger partial charge in [-0.2, -0.15) is 0 Å². The summed E-state index contributed by atoms with van der Waals surface area (Å²) in [7, 11) is 0. The van der Waals surface area contributed by atoms with Gasteiger partial charge in [0.25, 0.3) is 0 Å². The quantitative estimate of drug-likeness (QED) is 0.309. The smallest absolute Gasteiger partial charge is 0.0702 e. The Morgan fingerprint density at radius 1 is 0.517 bits per heavy atom. The van der Waals surface area contributed by atoms with Crippen LogP contribution in [0.5, 0.6) is 0 Å². The van der Waals surface area contributed by atoms with Crippen molar-refractivity contribution >= 4 is 0 Å². The zero-order chi connectivity index (χ0) is 20.3. The minimum atomic E-state index is 1.04. The Morgan fingerprint density at radius 3 is 1.72 bits per heavy atom. The van der Waals surface area contributed by atoms with Gasteiger partial charge in [-0.3, -0.25) is 4.98 Å². The first-order chi connectivity index (χ1) is 14.3. The van der Waals surface area contributed by atoms with Gasteiger partial charge in [0.05, 0.1) is 5.69 Å². The van der Waals surface area contributed by atoms with E-state index < -0.39 is 0 Å². The molecule has 0 radical (unpaired) electrons. The summed E-state index contributed by atoms with van der Waals surface area (Å²) in [5.41, 5.74) is 7.86. The summed E-state index contributed by atoms with van der Waals surface area (Å²) in [5, 5.41) is 0. The van der Waals surface area contributed by atoms with Gasteiger partial charge >= 0.3 is 0 Å². The van der Waals surface area contributed by atoms with E-state index in [2.05, 4.69) is 74.5 Å². The third-order valence-electron chi connectivity index (χ3n) is 5.66. The molecule has 0 unspecified atom stereocenters. The monoisotopic (exact) mass is 385 g/mol. The molecule has 0 aliphatic carbocycles. The van der Waals surface area contributed by atoms with Crippen LogP contribution in [0.2, 0.25) is 0 Å². The van der Waals surface area contributed by atoms with Crippen molar-refractivity contribution in [3.63, 3.8) is 0 Å². The number of aromatic nitrogens is 1. The van der Waals surface area contributed by atoms with Gasteiger partial charge < -0.3 is 0 Å². The van der Waals surface area contributed by atoms with Crippen LogP contribution in [0.1, 0.15) is 68.2 Å². The van der Waals surface area contributed by atoms with E-state index in [4.69, 9.17) is 4.98 Å². The van der Waals surface area contributed by atoms with E-state index in [0.29, 0.717) is 0 Å². The highest BCUT2D eigenvalue weighted by molar-refractivity contribution is 5.59. The maximum absolute atomic E-state index is 4.70. The Balaban J connectivity index is 1.49. The van der Waals surface area contributed by atoms with Crippen molar-refractivity contribution in [1.82, 2.24) is 4.98 Å². The average molecular weight is 386 g/mol. The highest BCUT2D eigenvalue weighted by atomic mass is 14.7. The molecule has 3 rings (SSSR count). The number of aryl methyl sites for hydroxylation is 4. The number of pyridine rings is 1. The molecule has 152 valence electrons. The lowest BCUT2D eigenvalue weighted by molar-refractivity contribution is 0.667. The molecule has 0 aliphatic heterocycles. The summed E-state index contributed by atoms with van der Waals surface area (Å²) in [6.07, 6.45) is 13.0. The van der Waals surface area contributed by atoms with Crippen LogP contribution in [0, 0.1) is 0 Å². The van der Waals surface area contributed by atoms with E-state index in [0.717, 1.165) is 25.0 Å². The topological polar surface area (TPSA) is 12.9 Å². The highest BCUT2D eigenvalue weighted by Crippen LogP contribution is 2.19. The van der Waals surface area contributed by atoms with E-state index in [1.165, 1.54) is 66.3 Å². The van der Waals surface area contributed by atoms with Gasteiger partial charge in [0.1, 0.15) is 0 Å². The van der Waals surface area contributed by atoms with Crippen LogP contribution in [0.4, 0.5) is 0 Å². The Morgan fingerprint density at radius 2 is 1.10 bits per heavy atom. The predicted molar refractivity (Wildman–Crippen MR) is 125 cm³/mol. The van der Waals surface area contributed by atoms with Crippen molar-refractivity contribution in [1.29, 1.82) is 0 Å². The van der Waals surface area contributed by atoms with Crippen molar-refractivity contribution in [3.05, 3.63) is 89.1 Å². The average Bonchev–Trinajstić information content (AvgIpc) is 2.77. The predicted octanol–water partition coefficient (Wildman–Crippen LogP) is 7.61. The fourth-order valence-corrected chi connectivity index (χ4v) is 3.79. The number of hydrogen-bond acceptors (Lipinski definition) is 1. The first-order valence-electron chi connectivity index (χ1n) is 11.4. The first-order valence-corrected chi connectivity index (χ1v) is 11.4. The van der Waals surface area contributed by atoms with Crippen molar-refractivity contribution in [2.45, 2.75) is 71.6 Å². The Kier molecular flexibility index (Phi) is 8.49. The standard InChI is InChI=1S/C28H35N/c1-3-5-6-7-9-24-10-12-25(13-11-24)14-15-26-18-21-28(29-22-26)27-19-16-23(8-4-2)17-20-27/h10-13,16-22H,3-9,14-15H2,1-2H3. The van der Waals surface area contributed by atoms with Gasteiger partial charge in [0.15, 0.2) is 0 Å². The maximum Gasteiger partial charge on any atom is 0.0702 e. The molecule has 0 atom stereocenters. The molecule has 3 aromatic rings. The van der Waals surface area contributed by atoms with Gasteiger partial charge in [-0.1, -0.05) is 94.1 Å². The Bertz CT molecular complexity index is 829. The van der Waals surface area contributed by atoms with E-state index in [1.54, 1.807) is 0 Å². The van der Waals surface area contributed by atoms with Crippen molar-refractivity contribution < 1.29 is 0 Å². The zero-order valence-corrected chi connectivity index (χ0v) is 18.2. The fraction of sp³-hybridized carbons (Fsp3) is 0.393. The summed E-state index contributed by atoms with van der Waals surface area (Å²) in [5.74, 6) is 0. The molecule has 0 N–H and O–H groups in total. The Labute approximate surface area is 177 Å². The van der Waals surface area contributed by atoms with Crippen molar-refractivity contribution in [3.8, 4) is 11.3 Å². The highest BCUT2D eigenvalue weighted by Gasteiger charge is 2.02. The molecule has 1 heteroatoms. The van der Waals surface area contributed by atoms with E-state index >= 15 is 0 Å². The Hall–Kier alpha value is -2.41. The molecule has 29 heavy (non-hydrogen) atoms. The second-order valence-electron chi connectivity index (χ2n) is 8.13. The normalized spacial score (nSPS) is 11.0. The number of benzene rings is 2. The van der Waals surface area contributed by atoms with Gasteiger partial charge in [-0.25, -0.2) is 0 Å². The van der Waals surface area contributed by atoms with Crippen LogP contribution in [0.15, 0.2) is 66.9 Å². The largest absolute Gasteiger partial charge is 0.256 e. The van der Waals surface area contributed by atoms with Crippen LogP contribution < -0.4 is 0 Å². The van der Waals surface area contributed by atoms with Crippen LogP contribution in [0.25, 0.3) is 11.3 Å². The molecule has 0 fully saturated rings. The van der Waals surface area contributed by atoms with Crippen molar-refractivity contribution in [2.24, 2.45) is 0 Å². The first kappa shape index (κ1) is 21.3. The molecule has 1 heterocycles. The third-order valence-corrected chi connectivity index (χ3v) is 5.66. The molecular weight excluding hydrogens is 350 g/mol. The van der Waals surface area contributed by atoms with E-state index in [9.17, 15) is 0 Å². The SMILES string of the molecule is CCCCCCc1ccc(CCc2ccc(-c3ccc(CCC)cc3)nc2)cc1. The van der Waals surface area contributed by atoms with Crippen LogP contribution in [-0.2, 0) is 25.7 Å². The summed E-state index contributed by atoms with van der Waals surface area (Å²) < 4.78 is 0. The van der Waals surface area contributed by atoms with E-state index in [1.807, 2.05) is 6.20 Å². The molecule has 2 aromatic carbocycles. The third kappa shape index (κ3) is 6.85. The lowest BCUT2D eigenvalue weighted by atomic mass is 10.0. The summed E-state index contributed by atoms with van der Waals surface area (Å²) in [6.45, 7) is 4.49. The van der Waals surface area contributed by atoms with Gasteiger partial charge in [0, 0.05) is 11.8 Å². The minimum Gasteiger partial charge on any atom is -0.256 e. The summed E-state index contributed by atoms with van der Waals surface area (Å²) >= 11 is 0. The summed E-state index contributed by atoms with van der Waals surface area (Å²) in [6, 6.07) is 22.4. The number of unbranched alkanes of at least 4 members (excludes halogenated alkanes) is 3. The second kappa shape index (κ2) is 11.6. The molecular formula is C28H35N. The minimum absolute atomic E-state index is 1.04. The molecule has 0 bridgehead atoms. The molecule has 0 spiro atoms. The molecule has 1 nitrogen and oxygen atoms in total. The lowest BCUT2D eigenvalue weighted by Crippen LogP contribution is -1.94. The van der Waals surface area contributed by atoms with Gasteiger partial charge in [0.2, 0.25) is 0 Å². The summed E-state index contributed by atoms with van der Waals surface area (Å²) in [4.78, 5) is 4.70. The lowest BCUT2D eigenvalue weighted by Gasteiger charge is -2.07. The van der Waals surface area contributed by atoms with Crippen LogP contribution in [-0.4, -0.2) is 4.98 Å². The molecule has 1 aromatic heterocycles. The second-order valence-corrected chi connectivity index (χ2v) is 8.13. The zero-order valence-electron chi connectivity index (χ0n) is 18.2. The fourth-order valence-electron chi connectivity index (χ4n) is 3.79. The van der Waals surface area contributed by atoms with Crippen molar-refractivity contribution in [2.75, 3.05) is 0 Å². The van der Waals surface area contributed by atoms with Gasteiger partial charge in [-0.15, -0.1) is 0 Å². The molecule has 0 saturated carbocycles.